The molecule has 0 spiro atoms. The van der Waals surface area contributed by atoms with E-state index in [0.717, 1.165) is 32.5 Å². The number of ether oxygens (including phenoxy) is 1. The summed E-state index contributed by atoms with van der Waals surface area (Å²) in [6.45, 7) is 11.8. The van der Waals surface area contributed by atoms with Crippen LogP contribution in [0, 0.1) is 27.7 Å². The molecule has 2 heterocycles. The zero-order valence-electron chi connectivity index (χ0n) is 21.7. The monoisotopic (exact) mass is 524 g/mol. The predicted octanol–water partition coefficient (Wildman–Crippen LogP) is 6.72. The first-order valence-electron chi connectivity index (χ1n) is 12.3. The first kappa shape index (κ1) is 25.4. The number of anilines is 1. The maximum Gasteiger partial charge on any atom is 0.301 e. The van der Waals surface area contributed by atoms with Gasteiger partial charge in [-0.1, -0.05) is 59.9 Å². The standard InChI is InChI=1S/C31H28N2O4S/c1-6-13-37-22-11-9-21(10-12-22)27-25(28(34)23-15-17(2)7-8-19(23)4)29(35)30(36)33(27)31-32-26-20(5)14-18(3)16-24(26)38-31/h6-12,14-16,27,34H,1,13H2,2-5H3/b28-25+. The van der Waals surface area contributed by atoms with Crippen LogP contribution in [0.3, 0.4) is 0 Å². The van der Waals surface area contributed by atoms with E-state index in [1.807, 2.05) is 58.0 Å². The number of thiazole rings is 1. The highest BCUT2D eigenvalue weighted by atomic mass is 32.1. The van der Waals surface area contributed by atoms with E-state index in [-0.39, 0.29) is 11.3 Å². The van der Waals surface area contributed by atoms with Gasteiger partial charge in [-0.2, -0.15) is 0 Å². The third-order valence-electron chi connectivity index (χ3n) is 6.68. The topological polar surface area (TPSA) is 79.7 Å². The number of ketones is 1. The molecule has 1 saturated heterocycles. The van der Waals surface area contributed by atoms with Gasteiger partial charge in [0.1, 0.15) is 18.1 Å². The normalized spacial score (nSPS) is 16.8. The van der Waals surface area contributed by atoms with Crippen LogP contribution in [0.1, 0.15) is 39.4 Å². The van der Waals surface area contributed by atoms with Gasteiger partial charge in [0.15, 0.2) is 5.13 Å². The van der Waals surface area contributed by atoms with E-state index in [9.17, 15) is 14.7 Å². The summed E-state index contributed by atoms with van der Waals surface area (Å²) in [5, 5.41) is 11.9. The quantitative estimate of drug-likeness (QED) is 0.131. The van der Waals surface area contributed by atoms with Gasteiger partial charge in [0, 0.05) is 5.56 Å². The van der Waals surface area contributed by atoms with Crippen LogP contribution in [-0.2, 0) is 9.59 Å². The number of hydrogen-bond acceptors (Lipinski definition) is 6. The predicted molar refractivity (Wildman–Crippen MR) is 152 cm³/mol. The number of aliphatic hydroxyl groups excluding tert-OH is 1. The van der Waals surface area contributed by atoms with Gasteiger partial charge in [-0.05, 0) is 74.2 Å². The van der Waals surface area contributed by atoms with Crippen LogP contribution in [0.2, 0.25) is 0 Å². The molecule has 1 unspecified atom stereocenters. The van der Waals surface area contributed by atoms with E-state index < -0.39 is 17.7 Å². The van der Waals surface area contributed by atoms with Crippen LogP contribution >= 0.6 is 11.3 Å². The minimum Gasteiger partial charge on any atom is -0.507 e. The fraction of sp³-hybridized carbons (Fsp3) is 0.194. The largest absolute Gasteiger partial charge is 0.507 e. The second-order valence-electron chi connectivity index (χ2n) is 9.58. The van der Waals surface area contributed by atoms with Crippen molar-refractivity contribution < 1.29 is 19.4 Å². The Hall–Kier alpha value is -4.23. The first-order valence-corrected chi connectivity index (χ1v) is 13.1. The minimum atomic E-state index is -0.856. The van der Waals surface area contributed by atoms with E-state index in [0.29, 0.717) is 28.6 Å². The number of rotatable bonds is 6. The van der Waals surface area contributed by atoms with Crippen LogP contribution in [0.15, 0.2) is 72.8 Å². The van der Waals surface area contributed by atoms with E-state index in [1.165, 1.54) is 16.2 Å². The number of aliphatic hydroxyl groups is 1. The first-order chi connectivity index (χ1) is 18.2. The SMILES string of the molecule is C=CCOc1ccc(C2/C(=C(\O)c3cc(C)ccc3C)C(=O)C(=O)N2c2nc3c(C)cc(C)cc3s2)cc1. The number of carbonyl (C=O) groups excluding carboxylic acids is 2. The molecule has 1 aromatic heterocycles. The van der Waals surface area contributed by atoms with E-state index in [1.54, 1.807) is 30.3 Å². The van der Waals surface area contributed by atoms with E-state index in [4.69, 9.17) is 9.72 Å². The maximum absolute atomic E-state index is 13.6. The molecule has 6 nitrogen and oxygen atoms in total. The van der Waals surface area contributed by atoms with Gasteiger partial charge in [0.05, 0.1) is 21.8 Å². The van der Waals surface area contributed by atoms with Gasteiger partial charge in [0.25, 0.3) is 5.78 Å². The number of benzene rings is 3. The Labute approximate surface area is 225 Å². The maximum atomic E-state index is 13.6. The molecule has 1 N–H and O–H groups in total. The van der Waals surface area contributed by atoms with Crippen LogP contribution in [-0.4, -0.2) is 28.4 Å². The van der Waals surface area contributed by atoms with Gasteiger partial charge in [-0.3, -0.25) is 14.5 Å². The molecule has 3 aromatic carbocycles. The zero-order valence-corrected chi connectivity index (χ0v) is 22.6. The molecule has 1 fully saturated rings. The number of fused-ring (bicyclic) bond motifs is 1. The number of Topliss-reactive ketones (excluding diaryl/α,β-unsaturated/α-hetero) is 1. The molecule has 4 aromatic rings. The van der Waals surface area contributed by atoms with E-state index in [2.05, 4.69) is 6.58 Å². The fourth-order valence-corrected chi connectivity index (χ4v) is 6.01. The Morgan fingerprint density at radius 1 is 1.03 bits per heavy atom. The number of aryl methyl sites for hydroxylation is 4. The van der Waals surface area contributed by atoms with Crippen molar-refractivity contribution in [3.05, 3.63) is 106 Å². The Balaban J connectivity index is 1.72. The van der Waals surface area contributed by atoms with Crippen molar-refractivity contribution in [1.82, 2.24) is 4.98 Å². The van der Waals surface area contributed by atoms with Gasteiger partial charge in [-0.25, -0.2) is 4.98 Å². The molecular weight excluding hydrogens is 496 g/mol. The number of aromatic nitrogens is 1. The average molecular weight is 525 g/mol. The molecule has 0 aliphatic carbocycles. The van der Waals surface area contributed by atoms with Crippen LogP contribution in [0.25, 0.3) is 16.0 Å². The van der Waals surface area contributed by atoms with E-state index >= 15 is 0 Å². The minimum absolute atomic E-state index is 0.0376. The Morgan fingerprint density at radius 2 is 1.76 bits per heavy atom. The number of hydrogen-bond donors (Lipinski definition) is 1. The summed E-state index contributed by atoms with van der Waals surface area (Å²) in [5.41, 5.74) is 5.84. The second-order valence-corrected chi connectivity index (χ2v) is 10.6. The molecule has 192 valence electrons. The second kappa shape index (κ2) is 9.91. The van der Waals surface area contributed by atoms with Crippen molar-refractivity contribution in [2.24, 2.45) is 0 Å². The molecule has 1 aliphatic rings. The summed E-state index contributed by atoms with van der Waals surface area (Å²) < 4.78 is 6.56. The summed E-state index contributed by atoms with van der Waals surface area (Å²) in [7, 11) is 0. The smallest absolute Gasteiger partial charge is 0.301 e. The van der Waals surface area contributed by atoms with Gasteiger partial charge in [-0.15, -0.1) is 0 Å². The van der Waals surface area contributed by atoms with Crippen LogP contribution in [0.4, 0.5) is 5.13 Å². The third kappa shape index (κ3) is 4.39. The lowest BCUT2D eigenvalue weighted by molar-refractivity contribution is -0.132. The molecule has 7 heteroatoms. The summed E-state index contributed by atoms with van der Waals surface area (Å²) >= 11 is 1.36. The Bertz CT molecular complexity index is 1630. The molecule has 1 atom stereocenters. The van der Waals surface area contributed by atoms with Crippen molar-refractivity contribution in [1.29, 1.82) is 0 Å². The lowest BCUT2D eigenvalue weighted by atomic mass is 9.93. The molecule has 5 rings (SSSR count). The number of carbonyl (C=O) groups is 2. The zero-order chi connectivity index (χ0) is 27.1. The van der Waals surface area contributed by atoms with Crippen LogP contribution in [0.5, 0.6) is 5.75 Å². The molecule has 0 bridgehead atoms. The molecule has 38 heavy (non-hydrogen) atoms. The van der Waals surface area contributed by atoms with Crippen molar-refractivity contribution in [3.8, 4) is 5.75 Å². The number of amides is 1. The van der Waals surface area contributed by atoms with Crippen LogP contribution < -0.4 is 9.64 Å². The van der Waals surface area contributed by atoms with Crippen molar-refractivity contribution in [3.63, 3.8) is 0 Å². The van der Waals surface area contributed by atoms with Crippen molar-refractivity contribution in [2.75, 3.05) is 11.5 Å². The third-order valence-corrected chi connectivity index (χ3v) is 7.68. The summed E-state index contributed by atoms with van der Waals surface area (Å²) in [5.74, 6) is -1.03. The Kier molecular flexibility index (Phi) is 6.63. The summed E-state index contributed by atoms with van der Waals surface area (Å²) in [6.07, 6.45) is 1.66. The number of nitrogens with zero attached hydrogens (tertiary/aromatic N) is 2. The lowest BCUT2D eigenvalue weighted by Crippen LogP contribution is -2.29. The molecule has 0 saturated carbocycles. The van der Waals surface area contributed by atoms with Crippen molar-refractivity contribution in [2.45, 2.75) is 33.7 Å². The molecular formula is C31H28N2O4S. The summed E-state index contributed by atoms with van der Waals surface area (Å²) in [4.78, 5) is 33.3. The molecule has 1 aliphatic heterocycles. The van der Waals surface area contributed by atoms with Crippen molar-refractivity contribution >= 4 is 44.1 Å². The highest BCUT2D eigenvalue weighted by Gasteiger charge is 2.48. The highest BCUT2D eigenvalue weighted by Crippen LogP contribution is 2.45. The molecule has 0 radical (unpaired) electrons. The summed E-state index contributed by atoms with van der Waals surface area (Å²) in [6, 6.07) is 16.0. The Morgan fingerprint density at radius 3 is 2.47 bits per heavy atom. The lowest BCUT2D eigenvalue weighted by Gasteiger charge is -2.23. The van der Waals surface area contributed by atoms with Gasteiger partial charge < -0.3 is 9.84 Å². The highest BCUT2D eigenvalue weighted by molar-refractivity contribution is 7.22. The molecule has 1 amide bonds. The van der Waals surface area contributed by atoms with Gasteiger partial charge >= 0.3 is 5.91 Å². The average Bonchev–Trinajstić information content (AvgIpc) is 3.42. The fourth-order valence-electron chi connectivity index (χ4n) is 4.84. The van der Waals surface area contributed by atoms with Gasteiger partial charge in [0.2, 0.25) is 0 Å².